The van der Waals surface area contributed by atoms with Crippen molar-refractivity contribution in [1.82, 2.24) is 4.98 Å². The molecule has 0 saturated heterocycles. The van der Waals surface area contributed by atoms with Gasteiger partial charge in [0.2, 0.25) is 5.91 Å². The van der Waals surface area contributed by atoms with Crippen molar-refractivity contribution in [3.63, 3.8) is 0 Å². The number of hydrogen-bond donors (Lipinski definition) is 2. The maximum absolute atomic E-state index is 12.6. The summed E-state index contributed by atoms with van der Waals surface area (Å²) >= 11 is 5.78. The molecule has 25 heavy (non-hydrogen) atoms. The van der Waals surface area contributed by atoms with Gasteiger partial charge in [0.05, 0.1) is 23.4 Å². The number of nitrogens with zero attached hydrogens (tertiary/aromatic N) is 1. The number of hydrogen-bond acceptors (Lipinski definition) is 4. The monoisotopic (exact) mass is 359 g/mol. The highest BCUT2D eigenvalue weighted by atomic mass is 35.5. The smallest absolute Gasteiger partial charge is 0.259 e. The van der Waals surface area contributed by atoms with E-state index in [2.05, 4.69) is 15.6 Å². The fourth-order valence-electron chi connectivity index (χ4n) is 1.98. The van der Waals surface area contributed by atoms with Gasteiger partial charge in [-0.1, -0.05) is 24.6 Å². The summed E-state index contributed by atoms with van der Waals surface area (Å²) in [6.45, 7) is 1.93. The van der Waals surface area contributed by atoms with Crippen LogP contribution in [0.15, 0.2) is 48.7 Å². The molecule has 1 heterocycles. The number of carbonyl (C=O) groups is 2. The molecule has 2 rings (SSSR count). The van der Waals surface area contributed by atoms with Crippen LogP contribution in [-0.4, -0.2) is 23.9 Å². The molecule has 0 bridgehead atoms. The summed E-state index contributed by atoms with van der Waals surface area (Å²) in [6, 6.07) is 8.03. The summed E-state index contributed by atoms with van der Waals surface area (Å²) in [6.07, 6.45) is 5.33. The van der Waals surface area contributed by atoms with E-state index in [1.54, 1.807) is 36.4 Å². The standard InChI is InChI=1S/C18H18ClN3O3/c1-3-4-5-17(23)21-15-8-7-13(25-2)10-14(15)18(24)22-16-9-6-12(19)11-20-16/h4-11H,3H2,1-2H3,(H,21,23)(H,20,22,24)/b5-4+. The molecule has 2 N–H and O–H groups in total. The van der Waals surface area contributed by atoms with E-state index in [9.17, 15) is 9.59 Å². The Morgan fingerprint density at radius 2 is 2.04 bits per heavy atom. The lowest BCUT2D eigenvalue weighted by Crippen LogP contribution is -2.17. The molecule has 0 saturated carbocycles. The number of nitrogens with one attached hydrogen (secondary N) is 2. The molecule has 2 amide bonds. The summed E-state index contributed by atoms with van der Waals surface area (Å²) < 4.78 is 5.16. The molecule has 0 aliphatic rings. The summed E-state index contributed by atoms with van der Waals surface area (Å²) in [4.78, 5) is 28.5. The highest BCUT2D eigenvalue weighted by Gasteiger charge is 2.15. The fourth-order valence-corrected chi connectivity index (χ4v) is 2.09. The number of pyridine rings is 1. The Morgan fingerprint density at radius 3 is 2.68 bits per heavy atom. The van der Waals surface area contributed by atoms with Crippen molar-refractivity contribution in [2.45, 2.75) is 13.3 Å². The average Bonchev–Trinajstić information content (AvgIpc) is 2.62. The molecular formula is C18H18ClN3O3. The predicted molar refractivity (Wildman–Crippen MR) is 98.3 cm³/mol. The maximum Gasteiger partial charge on any atom is 0.259 e. The molecule has 6 nitrogen and oxygen atoms in total. The predicted octanol–water partition coefficient (Wildman–Crippen LogP) is 3.90. The molecule has 0 fully saturated rings. The first-order valence-corrected chi connectivity index (χ1v) is 7.99. The number of carbonyl (C=O) groups excluding carboxylic acids is 2. The normalized spacial score (nSPS) is 10.5. The highest BCUT2D eigenvalue weighted by molar-refractivity contribution is 6.30. The van der Waals surface area contributed by atoms with E-state index >= 15 is 0 Å². The molecule has 7 heteroatoms. The van der Waals surface area contributed by atoms with Gasteiger partial charge in [-0.05, 0) is 42.8 Å². The molecule has 0 atom stereocenters. The van der Waals surface area contributed by atoms with E-state index < -0.39 is 5.91 Å². The van der Waals surface area contributed by atoms with E-state index in [1.807, 2.05) is 6.92 Å². The Kier molecular flexibility index (Phi) is 6.54. The number of amides is 2. The average molecular weight is 360 g/mol. The molecule has 2 aromatic rings. The summed E-state index contributed by atoms with van der Waals surface area (Å²) in [5.74, 6) is 0.103. The Labute approximate surface area is 150 Å². The molecule has 0 radical (unpaired) electrons. The zero-order chi connectivity index (χ0) is 18.2. The Morgan fingerprint density at radius 1 is 1.24 bits per heavy atom. The van der Waals surface area contributed by atoms with Crippen molar-refractivity contribution >= 4 is 34.9 Å². The largest absolute Gasteiger partial charge is 0.497 e. The number of halogens is 1. The van der Waals surface area contributed by atoms with Crippen molar-refractivity contribution in [2.24, 2.45) is 0 Å². The SMILES string of the molecule is CC/C=C/C(=O)Nc1ccc(OC)cc1C(=O)Nc1ccc(Cl)cn1. The number of benzene rings is 1. The van der Waals surface area contributed by atoms with Gasteiger partial charge in [0.1, 0.15) is 11.6 Å². The van der Waals surface area contributed by atoms with Gasteiger partial charge in [-0.15, -0.1) is 0 Å². The van der Waals surface area contributed by atoms with Crippen LogP contribution >= 0.6 is 11.6 Å². The van der Waals surface area contributed by atoms with Crippen molar-refractivity contribution in [2.75, 3.05) is 17.7 Å². The summed E-state index contributed by atoms with van der Waals surface area (Å²) in [5.41, 5.74) is 0.632. The molecule has 0 aliphatic heterocycles. The van der Waals surface area contributed by atoms with Gasteiger partial charge in [0, 0.05) is 6.20 Å². The van der Waals surface area contributed by atoms with Crippen molar-refractivity contribution in [3.05, 3.63) is 59.3 Å². The lowest BCUT2D eigenvalue weighted by Gasteiger charge is -2.12. The number of aromatic nitrogens is 1. The number of anilines is 2. The Hall–Kier alpha value is -2.86. The van der Waals surface area contributed by atoms with Crippen LogP contribution in [0.5, 0.6) is 5.75 Å². The van der Waals surface area contributed by atoms with Gasteiger partial charge in [-0.2, -0.15) is 0 Å². The molecule has 1 aromatic heterocycles. The molecule has 130 valence electrons. The fraction of sp³-hybridized carbons (Fsp3) is 0.167. The maximum atomic E-state index is 12.6. The van der Waals surface area contributed by atoms with Gasteiger partial charge in [-0.25, -0.2) is 4.98 Å². The third-order valence-electron chi connectivity index (χ3n) is 3.20. The second kappa shape index (κ2) is 8.84. The zero-order valence-corrected chi connectivity index (χ0v) is 14.6. The Balaban J connectivity index is 2.26. The number of allylic oxidation sites excluding steroid dienone is 1. The van der Waals surface area contributed by atoms with Crippen LogP contribution in [0.25, 0.3) is 0 Å². The summed E-state index contributed by atoms with van der Waals surface area (Å²) in [7, 11) is 1.50. The van der Waals surface area contributed by atoms with Gasteiger partial charge in [0.15, 0.2) is 0 Å². The van der Waals surface area contributed by atoms with Gasteiger partial charge < -0.3 is 15.4 Å². The van der Waals surface area contributed by atoms with Crippen LogP contribution in [0.3, 0.4) is 0 Å². The lowest BCUT2D eigenvalue weighted by atomic mass is 10.1. The Bertz CT molecular complexity index is 789. The quantitative estimate of drug-likeness (QED) is 0.766. The minimum absolute atomic E-state index is 0.259. The number of rotatable bonds is 6. The van der Waals surface area contributed by atoms with Crippen LogP contribution in [0.1, 0.15) is 23.7 Å². The minimum atomic E-state index is -0.427. The van der Waals surface area contributed by atoms with Gasteiger partial charge in [-0.3, -0.25) is 9.59 Å². The molecule has 1 aromatic carbocycles. The minimum Gasteiger partial charge on any atom is -0.497 e. The first-order chi connectivity index (χ1) is 12.0. The molecular weight excluding hydrogens is 342 g/mol. The topological polar surface area (TPSA) is 80.3 Å². The van der Waals surface area contributed by atoms with E-state index in [1.165, 1.54) is 19.4 Å². The lowest BCUT2D eigenvalue weighted by molar-refractivity contribution is -0.111. The first kappa shape index (κ1) is 18.5. The number of ether oxygens (including phenoxy) is 1. The van der Waals surface area contributed by atoms with Crippen molar-refractivity contribution in [3.8, 4) is 5.75 Å². The van der Waals surface area contributed by atoms with Crippen LogP contribution in [0.2, 0.25) is 5.02 Å². The first-order valence-electron chi connectivity index (χ1n) is 7.62. The molecule has 0 spiro atoms. The van der Waals surface area contributed by atoms with Crippen LogP contribution in [-0.2, 0) is 4.79 Å². The zero-order valence-electron chi connectivity index (χ0n) is 13.9. The van der Waals surface area contributed by atoms with E-state index in [0.29, 0.717) is 22.3 Å². The second-order valence-electron chi connectivity index (χ2n) is 5.03. The van der Waals surface area contributed by atoms with Gasteiger partial charge in [0.25, 0.3) is 5.91 Å². The van der Waals surface area contributed by atoms with Crippen LogP contribution in [0.4, 0.5) is 11.5 Å². The van der Waals surface area contributed by atoms with Gasteiger partial charge >= 0.3 is 0 Å². The third kappa shape index (κ3) is 5.32. The van der Waals surface area contributed by atoms with Crippen molar-refractivity contribution in [1.29, 1.82) is 0 Å². The van der Waals surface area contributed by atoms with E-state index in [4.69, 9.17) is 16.3 Å². The van der Waals surface area contributed by atoms with E-state index in [-0.39, 0.29) is 11.5 Å². The van der Waals surface area contributed by atoms with E-state index in [0.717, 1.165) is 6.42 Å². The second-order valence-corrected chi connectivity index (χ2v) is 5.46. The highest BCUT2D eigenvalue weighted by Crippen LogP contribution is 2.23. The van der Waals surface area contributed by atoms with Crippen LogP contribution < -0.4 is 15.4 Å². The van der Waals surface area contributed by atoms with Crippen molar-refractivity contribution < 1.29 is 14.3 Å². The third-order valence-corrected chi connectivity index (χ3v) is 3.43. The van der Waals surface area contributed by atoms with Crippen LogP contribution in [0, 0.1) is 0 Å². The molecule has 0 aliphatic carbocycles. The number of methoxy groups -OCH3 is 1. The summed E-state index contributed by atoms with van der Waals surface area (Å²) in [5, 5.41) is 5.82. The molecule has 0 unspecified atom stereocenters.